The molecule has 2 aromatic rings. The van der Waals surface area contributed by atoms with Crippen LogP contribution in [-0.2, 0) is 6.54 Å². The van der Waals surface area contributed by atoms with Crippen molar-refractivity contribution in [2.45, 2.75) is 33.4 Å². The summed E-state index contributed by atoms with van der Waals surface area (Å²) >= 11 is 0. The molecule has 112 valence electrons. The average Bonchev–Trinajstić information content (AvgIpc) is 2.97. The average molecular weight is 286 g/mol. The van der Waals surface area contributed by atoms with Crippen molar-refractivity contribution in [3.8, 4) is 0 Å². The van der Waals surface area contributed by atoms with Crippen LogP contribution in [0.5, 0.6) is 0 Å². The van der Waals surface area contributed by atoms with Crippen LogP contribution in [0.25, 0.3) is 0 Å². The lowest BCUT2D eigenvalue weighted by molar-refractivity contribution is 0.0956. The molecule has 1 heterocycles. The maximum absolute atomic E-state index is 11.8. The van der Waals surface area contributed by atoms with E-state index in [0.29, 0.717) is 12.1 Å². The Balaban J connectivity index is 2.08. The number of carbonyl (C=O) groups is 1. The van der Waals surface area contributed by atoms with E-state index in [2.05, 4.69) is 29.6 Å². The Morgan fingerprint density at radius 1 is 1.38 bits per heavy atom. The quantitative estimate of drug-likeness (QED) is 0.858. The van der Waals surface area contributed by atoms with Crippen molar-refractivity contribution in [2.75, 3.05) is 11.9 Å². The van der Waals surface area contributed by atoms with Gasteiger partial charge in [-0.1, -0.05) is 6.07 Å². The van der Waals surface area contributed by atoms with Crippen molar-refractivity contribution in [1.29, 1.82) is 0 Å². The zero-order chi connectivity index (χ0) is 15.2. The SMILES string of the molecule is CCNC(=O)c1cccc(NC(C)c2cnn(CC)c2)c1. The van der Waals surface area contributed by atoms with Gasteiger partial charge >= 0.3 is 0 Å². The Kier molecular flexibility index (Phi) is 4.98. The molecule has 2 rings (SSSR count). The molecule has 0 saturated heterocycles. The van der Waals surface area contributed by atoms with E-state index < -0.39 is 0 Å². The highest BCUT2D eigenvalue weighted by atomic mass is 16.1. The first-order valence-electron chi connectivity index (χ1n) is 7.31. The van der Waals surface area contributed by atoms with E-state index in [1.165, 1.54) is 0 Å². The Bertz CT molecular complexity index is 606. The lowest BCUT2D eigenvalue weighted by Crippen LogP contribution is -2.22. The first kappa shape index (κ1) is 15.1. The van der Waals surface area contributed by atoms with Crippen LogP contribution in [0.1, 0.15) is 42.7 Å². The van der Waals surface area contributed by atoms with Crippen molar-refractivity contribution in [1.82, 2.24) is 15.1 Å². The molecule has 0 aliphatic rings. The Hall–Kier alpha value is -2.30. The molecule has 1 aromatic carbocycles. The molecular formula is C16H22N4O. The molecule has 1 atom stereocenters. The van der Waals surface area contributed by atoms with Crippen LogP contribution in [0.2, 0.25) is 0 Å². The molecule has 0 aliphatic heterocycles. The molecule has 0 aliphatic carbocycles. The molecule has 1 unspecified atom stereocenters. The summed E-state index contributed by atoms with van der Waals surface area (Å²) in [6, 6.07) is 7.66. The highest BCUT2D eigenvalue weighted by molar-refractivity contribution is 5.95. The fourth-order valence-corrected chi connectivity index (χ4v) is 2.12. The van der Waals surface area contributed by atoms with Crippen molar-refractivity contribution >= 4 is 11.6 Å². The third-order valence-corrected chi connectivity index (χ3v) is 3.32. The standard InChI is InChI=1S/C16H22N4O/c1-4-17-16(21)13-7-6-8-15(9-13)19-12(3)14-10-18-20(5-2)11-14/h6-12,19H,4-5H2,1-3H3,(H,17,21). The summed E-state index contributed by atoms with van der Waals surface area (Å²) in [6.07, 6.45) is 3.90. The van der Waals surface area contributed by atoms with Crippen molar-refractivity contribution in [2.24, 2.45) is 0 Å². The molecule has 0 saturated carbocycles. The predicted molar refractivity (Wildman–Crippen MR) is 84.4 cm³/mol. The maximum Gasteiger partial charge on any atom is 0.251 e. The third-order valence-electron chi connectivity index (χ3n) is 3.32. The van der Waals surface area contributed by atoms with E-state index in [0.717, 1.165) is 17.8 Å². The highest BCUT2D eigenvalue weighted by Crippen LogP contribution is 2.19. The summed E-state index contributed by atoms with van der Waals surface area (Å²) in [5.41, 5.74) is 2.72. The van der Waals surface area contributed by atoms with Crippen LogP contribution in [-0.4, -0.2) is 22.2 Å². The number of hydrogen-bond donors (Lipinski definition) is 2. The lowest BCUT2D eigenvalue weighted by atomic mass is 10.1. The minimum Gasteiger partial charge on any atom is -0.378 e. The molecule has 0 radical (unpaired) electrons. The number of nitrogens with one attached hydrogen (secondary N) is 2. The minimum atomic E-state index is -0.0485. The topological polar surface area (TPSA) is 59.0 Å². The van der Waals surface area contributed by atoms with E-state index in [1.807, 2.05) is 48.3 Å². The van der Waals surface area contributed by atoms with Gasteiger partial charge in [-0.15, -0.1) is 0 Å². The molecule has 21 heavy (non-hydrogen) atoms. The van der Waals surface area contributed by atoms with Gasteiger partial charge < -0.3 is 10.6 Å². The smallest absolute Gasteiger partial charge is 0.251 e. The monoisotopic (exact) mass is 286 g/mol. The number of anilines is 1. The van der Waals surface area contributed by atoms with Gasteiger partial charge in [0.15, 0.2) is 0 Å². The molecule has 5 heteroatoms. The van der Waals surface area contributed by atoms with Gasteiger partial charge in [0.25, 0.3) is 5.91 Å². The Morgan fingerprint density at radius 2 is 2.19 bits per heavy atom. The second-order valence-electron chi connectivity index (χ2n) is 4.94. The molecule has 2 N–H and O–H groups in total. The predicted octanol–water partition coefficient (Wildman–Crippen LogP) is 2.83. The van der Waals surface area contributed by atoms with E-state index in [9.17, 15) is 4.79 Å². The van der Waals surface area contributed by atoms with Crippen molar-refractivity contribution in [3.63, 3.8) is 0 Å². The fraction of sp³-hybridized carbons (Fsp3) is 0.375. The van der Waals surface area contributed by atoms with Crippen LogP contribution in [0.4, 0.5) is 5.69 Å². The molecule has 1 amide bonds. The second kappa shape index (κ2) is 6.92. The lowest BCUT2D eigenvalue weighted by Gasteiger charge is -2.14. The number of amides is 1. The first-order valence-corrected chi connectivity index (χ1v) is 7.31. The number of benzene rings is 1. The molecule has 1 aromatic heterocycles. The van der Waals surface area contributed by atoms with Gasteiger partial charge in [0, 0.05) is 36.1 Å². The Labute approximate surface area is 125 Å². The van der Waals surface area contributed by atoms with Gasteiger partial charge in [0.2, 0.25) is 0 Å². The van der Waals surface area contributed by atoms with Crippen molar-refractivity contribution < 1.29 is 4.79 Å². The normalized spacial score (nSPS) is 12.0. The molecule has 5 nitrogen and oxygen atoms in total. The van der Waals surface area contributed by atoms with Crippen LogP contribution in [0, 0.1) is 0 Å². The summed E-state index contributed by atoms with van der Waals surface area (Å²) in [4.78, 5) is 11.8. The fourth-order valence-electron chi connectivity index (χ4n) is 2.12. The zero-order valence-corrected chi connectivity index (χ0v) is 12.8. The third kappa shape index (κ3) is 3.84. The van der Waals surface area contributed by atoms with Gasteiger partial charge in [-0.2, -0.15) is 5.10 Å². The summed E-state index contributed by atoms with van der Waals surface area (Å²) in [7, 11) is 0. The van der Waals surface area contributed by atoms with Crippen LogP contribution < -0.4 is 10.6 Å². The zero-order valence-electron chi connectivity index (χ0n) is 12.8. The van der Waals surface area contributed by atoms with E-state index in [-0.39, 0.29) is 11.9 Å². The van der Waals surface area contributed by atoms with Crippen LogP contribution >= 0.6 is 0 Å². The minimum absolute atomic E-state index is 0.0485. The van der Waals surface area contributed by atoms with Gasteiger partial charge in [0.05, 0.1) is 12.2 Å². The van der Waals surface area contributed by atoms with E-state index in [4.69, 9.17) is 0 Å². The van der Waals surface area contributed by atoms with Gasteiger partial charge in [-0.3, -0.25) is 9.48 Å². The highest BCUT2D eigenvalue weighted by Gasteiger charge is 2.09. The van der Waals surface area contributed by atoms with Crippen LogP contribution in [0.3, 0.4) is 0 Å². The molecular weight excluding hydrogens is 264 g/mol. The van der Waals surface area contributed by atoms with Gasteiger partial charge in [-0.05, 0) is 39.0 Å². The summed E-state index contributed by atoms with van der Waals surface area (Å²) < 4.78 is 1.90. The first-order chi connectivity index (χ1) is 10.1. The molecule has 0 spiro atoms. The number of carbonyl (C=O) groups excluding carboxylic acids is 1. The summed E-state index contributed by atoms with van der Waals surface area (Å²) in [5, 5.41) is 10.5. The second-order valence-corrected chi connectivity index (χ2v) is 4.94. The van der Waals surface area contributed by atoms with Gasteiger partial charge in [0.1, 0.15) is 0 Å². The van der Waals surface area contributed by atoms with Crippen molar-refractivity contribution in [3.05, 3.63) is 47.8 Å². The van der Waals surface area contributed by atoms with E-state index in [1.54, 1.807) is 0 Å². The summed E-state index contributed by atoms with van der Waals surface area (Å²) in [5.74, 6) is -0.0485. The van der Waals surface area contributed by atoms with Gasteiger partial charge in [-0.25, -0.2) is 0 Å². The number of aromatic nitrogens is 2. The maximum atomic E-state index is 11.8. The number of hydrogen-bond acceptors (Lipinski definition) is 3. The molecule has 0 bridgehead atoms. The van der Waals surface area contributed by atoms with E-state index >= 15 is 0 Å². The number of nitrogens with zero attached hydrogens (tertiary/aromatic N) is 2. The Morgan fingerprint density at radius 3 is 2.86 bits per heavy atom. The summed E-state index contributed by atoms with van der Waals surface area (Å²) in [6.45, 7) is 7.54. The molecule has 0 fully saturated rings. The van der Waals surface area contributed by atoms with Crippen LogP contribution in [0.15, 0.2) is 36.7 Å². The largest absolute Gasteiger partial charge is 0.378 e. The number of rotatable bonds is 6. The number of aryl methyl sites for hydroxylation is 1.